The van der Waals surface area contributed by atoms with E-state index in [2.05, 4.69) is 29.6 Å². The predicted octanol–water partition coefficient (Wildman–Crippen LogP) is 7.48. The number of benzene rings is 5. The highest BCUT2D eigenvalue weighted by Gasteiger charge is 2.39. The fourth-order valence-corrected chi connectivity index (χ4v) is 6.46. The molecular weight excluding hydrogens is 618 g/mol. The number of methoxy groups -OCH3 is 2. The third-order valence-corrected chi connectivity index (χ3v) is 8.83. The van der Waals surface area contributed by atoms with Gasteiger partial charge in [-0.3, -0.25) is 4.79 Å². The van der Waals surface area contributed by atoms with Gasteiger partial charge in [-0.2, -0.15) is 0 Å². The van der Waals surface area contributed by atoms with E-state index in [0.29, 0.717) is 11.5 Å². The molecule has 0 saturated carbocycles. The SMILES string of the molecule is COc1ccc(C(OCC(COC(C)=O)NC(=O)OCC2c3ccccc3-c3ccccc32)(c2ccccc2)c2ccc(OC)cc2)cc1. The topological polar surface area (TPSA) is 92.3 Å². The Morgan fingerprint density at radius 1 is 0.633 bits per heavy atom. The highest BCUT2D eigenvalue weighted by molar-refractivity contribution is 5.79. The van der Waals surface area contributed by atoms with Crippen LogP contribution in [0, 0.1) is 0 Å². The molecule has 250 valence electrons. The van der Waals surface area contributed by atoms with Crippen LogP contribution in [0.15, 0.2) is 127 Å². The molecule has 5 aromatic carbocycles. The van der Waals surface area contributed by atoms with E-state index in [0.717, 1.165) is 38.9 Å². The van der Waals surface area contributed by atoms with Gasteiger partial charge in [0.05, 0.1) is 26.9 Å². The monoisotopic (exact) mass is 657 g/mol. The third-order valence-electron chi connectivity index (χ3n) is 8.83. The van der Waals surface area contributed by atoms with Crippen LogP contribution in [0.25, 0.3) is 11.1 Å². The van der Waals surface area contributed by atoms with Crippen molar-refractivity contribution < 1.29 is 33.3 Å². The number of rotatable bonds is 13. The van der Waals surface area contributed by atoms with Crippen LogP contribution in [-0.2, 0) is 24.6 Å². The zero-order valence-electron chi connectivity index (χ0n) is 27.8. The van der Waals surface area contributed by atoms with Crippen LogP contribution >= 0.6 is 0 Å². The first-order valence-electron chi connectivity index (χ1n) is 16.2. The van der Waals surface area contributed by atoms with Crippen LogP contribution in [0.4, 0.5) is 4.79 Å². The number of fused-ring (bicyclic) bond motifs is 3. The van der Waals surface area contributed by atoms with Crippen molar-refractivity contribution in [1.82, 2.24) is 5.32 Å². The first kappa shape index (κ1) is 33.3. The number of nitrogens with one attached hydrogen (secondary N) is 1. The zero-order chi connectivity index (χ0) is 34.2. The molecule has 0 saturated heterocycles. The molecule has 8 heteroatoms. The summed E-state index contributed by atoms with van der Waals surface area (Å²) in [4.78, 5) is 25.3. The number of carbonyl (C=O) groups is 2. The van der Waals surface area contributed by atoms with E-state index < -0.39 is 23.7 Å². The van der Waals surface area contributed by atoms with E-state index in [-0.39, 0.29) is 25.7 Å². The number of esters is 1. The van der Waals surface area contributed by atoms with Gasteiger partial charge in [0, 0.05) is 12.8 Å². The summed E-state index contributed by atoms with van der Waals surface area (Å²) in [5.74, 6) is 0.825. The molecule has 1 aliphatic carbocycles. The molecule has 5 aromatic rings. The minimum atomic E-state index is -1.13. The minimum absolute atomic E-state index is 0.0234. The van der Waals surface area contributed by atoms with Crippen LogP contribution < -0.4 is 14.8 Å². The fraction of sp³-hybridized carbons (Fsp3) is 0.220. The Balaban J connectivity index is 1.28. The van der Waals surface area contributed by atoms with Crippen LogP contribution in [0.5, 0.6) is 11.5 Å². The smallest absolute Gasteiger partial charge is 0.407 e. The quantitative estimate of drug-likeness (QED) is 0.104. The number of hydrogen-bond donors (Lipinski definition) is 1. The van der Waals surface area contributed by atoms with Gasteiger partial charge in [-0.15, -0.1) is 0 Å². The molecule has 1 N–H and O–H groups in total. The van der Waals surface area contributed by atoms with E-state index in [1.54, 1.807) is 14.2 Å². The van der Waals surface area contributed by atoms with E-state index in [1.807, 2.05) is 103 Å². The van der Waals surface area contributed by atoms with Gasteiger partial charge in [-0.25, -0.2) is 4.79 Å². The van der Waals surface area contributed by atoms with Crippen molar-refractivity contribution in [2.45, 2.75) is 24.5 Å². The van der Waals surface area contributed by atoms with Crippen LogP contribution in [0.1, 0.15) is 40.7 Å². The summed E-state index contributed by atoms with van der Waals surface area (Å²) in [6.45, 7) is 1.33. The summed E-state index contributed by atoms with van der Waals surface area (Å²) < 4.78 is 29.1. The Morgan fingerprint density at radius 2 is 1.12 bits per heavy atom. The summed E-state index contributed by atoms with van der Waals surface area (Å²) in [6.07, 6.45) is -0.637. The lowest BCUT2D eigenvalue weighted by atomic mass is 9.80. The van der Waals surface area contributed by atoms with Crippen molar-refractivity contribution in [2.75, 3.05) is 34.0 Å². The Morgan fingerprint density at radius 3 is 1.63 bits per heavy atom. The second-order valence-corrected chi connectivity index (χ2v) is 11.8. The standard InChI is InChI=1S/C41H39NO7/c1-28(43)47-25-32(42-40(44)48-27-39-37-15-9-7-13-35(37)36-14-8-10-16-38(36)39)26-49-41(29-11-5-4-6-12-29,30-17-21-33(45-2)22-18-30)31-19-23-34(46-3)24-20-31/h4-24,32,39H,25-27H2,1-3H3,(H,42,44). The molecule has 1 unspecified atom stereocenters. The first-order chi connectivity index (χ1) is 23.9. The van der Waals surface area contributed by atoms with Crippen LogP contribution in [0.2, 0.25) is 0 Å². The third kappa shape index (κ3) is 7.15. The maximum absolute atomic E-state index is 13.4. The molecule has 0 bridgehead atoms. The summed E-state index contributed by atoms with van der Waals surface area (Å²) in [5.41, 5.74) is 5.90. The van der Waals surface area contributed by atoms with Crippen molar-refractivity contribution in [3.05, 3.63) is 155 Å². The van der Waals surface area contributed by atoms with E-state index >= 15 is 0 Å². The van der Waals surface area contributed by atoms with Crippen LogP contribution in [0.3, 0.4) is 0 Å². The van der Waals surface area contributed by atoms with Gasteiger partial charge in [-0.1, -0.05) is 103 Å². The second-order valence-electron chi connectivity index (χ2n) is 11.8. The first-order valence-corrected chi connectivity index (χ1v) is 16.2. The number of carbonyl (C=O) groups excluding carboxylic acids is 2. The van der Waals surface area contributed by atoms with Crippen molar-refractivity contribution in [2.24, 2.45) is 0 Å². The number of hydrogen-bond acceptors (Lipinski definition) is 7. The van der Waals surface area contributed by atoms with Gasteiger partial charge in [0.15, 0.2) is 0 Å². The predicted molar refractivity (Wildman–Crippen MR) is 187 cm³/mol. The molecule has 0 fully saturated rings. The largest absolute Gasteiger partial charge is 0.497 e. The van der Waals surface area contributed by atoms with E-state index in [4.69, 9.17) is 23.7 Å². The number of amides is 1. The molecular formula is C41H39NO7. The Hall–Kier alpha value is -5.60. The van der Waals surface area contributed by atoms with Gasteiger partial charge in [-0.05, 0) is 63.2 Å². The number of ether oxygens (including phenoxy) is 5. The van der Waals surface area contributed by atoms with Crippen molar-refractivity contribution in [3.8, 4) is 22.6 Å². The van der Waals surface area contributed by atoms with Crippen molar-refractivity contribution >= 4 is 12.1 Å². The highest BCUT2D eigenvalue weighted by atomic mass is 16.6. The van der Waals surface area contributed by atoms with E-state index in [9.17, 15) is 9.59 Å². The summed E-state index contributed by atoms with van der Waals surface area (Å²) in [6, 6.07) is 40.8. The van der Waals surface area contributed by atoms with Gasteiger partial charge >= 0.3 is 12.1 Å². The van der Waals surface area contributed by atoms with Crippen molar-refractivity contribution in [3.63, 3.8) is 0 Å². The Bertz CT molecular complexity index is 1780. The maximum Gasteiger partial charge on any atom is 0.407 e. The molecule has 8 nitrogen and oxygen atoms in total. The summed E-state index contributed by atoms with van der Waals surface area (Å²) in [5, 5.41) is 2.90. The minimum Gasteiger partial charge on any atom is -0.497 e. The molecule has 0 aromatic heterocycles. The number of alkyl carbamates (subject to hydrolysis) is 1. The van der Waals surface area contributed by atoms with Gasteiger partial charge in [0.1, 0.15) is 30.3 Å². The zero-order valence-corrected chi connectivity index (χ0v) is 27.8. The van der Waals surface area contributed by atoms with Crippen LogP contribution in [-0.4, -0.2) is 52.1 Å². The molecule has 1 atom stereocenters. The summed E-state index contributed by atoms with van der Waals surface area (Å²) in [7, 11) is 3.24. The molecule has 0 heterocycles. The molecule has 0 spiro atoms. The lowest BCUT2D eigenvalue weighted by Crippen LogP contribution is -2.45. The average molecular weight is 658 g/mol. The maximum atomic E-state index is 13.4. The highest BCUT2D eigenvalue weighted by Crippen LogP contribution is 2.45. The Labute approximate surface area is 286 Å². The summed E-state index contributed by atoms with van der Waals surface area (Å²) >= 11 is 0. The van der Waals surface area contributed by atoms with Gasteiger partial charge in [0.25, 0.3) is 0 Å². The lowest BCUT2D eigenvalue weighted by molar-refractivity contribution is -0.142. The van der Waals surface area contributed by atoms with Crippen molar-refractivity contribution in [1.29, 1.82) is 0 Å². The fourth-order valence-electron chi connectivity index (χ4n) is 6.46. The molecule has 0 aliphatic heterocycles. The Kier molecular flexibility index (Phi) is 10.3. The average Bonchev–Trinajstić information content (AvgIpc) is 3.47. The van der Waals surface area contributed by atoms with Gasteiger partial charge < -0.3 is 29.0 Å². The molecule has 49 heavy (non-hydrogen) atoms. The van der Waals surface area contributed by atoms with E-state index in [1.165, 1.54) is 6.92 Å². The second kappa shape index (κ2) is 15.1. The molecule has 0 radical (unpaired) electrons. The molecule has 1 amide bonds. The molecule has 6 rings (SSSR count). The lowest BCUT2D eigenvalue weighted by Gasteiger charge is -2.37. The normalized spacial score (nSPS) is 12.7. The van der Waals surface area contributed by atoms with Gasteiger partial charge in [0.2, 0.25) is 0 Å². The molecule has 1 aliphatic rings.